The molecule has 0 atom stereocenters. The quantitative estimate of drug-likeness (QED) is 0.835. The number of anilines is 1. The molecule has 1 aromatic heterocycles. The third-order valence-corrected chi connectivity index (χ3v) is 3.42. The van der Waals surface area contributed by atoms with E-state index in [4.69, 9.17) is 0 Å². The molecule has 1 saturated carbocycles. The van der Waals surface area contributed by atoms with Gasteiger partial charge in [0, 0.05) is 37.6 Å². The van der Waals surface area contributed by atoms with Crippen molar-refractivity contribution >= 4 is 5.69 Å². The van der Waals surface area contributed by atoms with Crippen molar-refractivity contribution < 1.29 is 0 Å². The first kappa shape index (κ1) is 10.1. The summed E-state index contributed by atoms with van der Waals surface area (Å²) < 4.78 is 0. The Morgan fingerprint density at radius 2 is 2.12 bits per heavy atom. The van der Waals surface area contributed by atoms with Crippen LogP contribution in [0.15, 0.2) is 18.3 Å². The standard InChI is InChI=1S/C13H19N3/c1-2-8-16(7-1)13-5-6-14-12(9-13)10-15-11-3-4-11/h5-6,9,11,15H,1-4,7-8,10H2. The van der Waals surface area contributed by atoms with E-state index in [2.05, 4.69) is 27.3 Å². The summed E-state index contributed by atoms with van der Waals surface area (Å²) in [5.41, 5.74) is 2.52. The summed E-state index contributed by atoms with van der Waals surface area (Å²) >= 11 is 0. The monoisotopic (exact) mass is 217 g/mol. The van der Waals surface area contributed by atoms with Crippen LogP contribution in [0.3, 0.4) is 0 Å². The maximum Gasteiger partial charge on any atom is 0.0562 e. The first-order valence-electron chi connectivity index (χ1n) is 6.35. The van der Waals surface area contributed by atoms with Gasteiger partial charge in [-0.25, -0.2) is 0 Å². The second-order valence-corrected chi connectivity index (χ2v) is 4.85. The van der Waals surface area contributed by atoms with Gasteiger partial charge < -0.3 is 10.2 Å². The van der Waals surface area contributed by atoms with Crippen molar-refractivity contribution in [3.63, 3.8) is 0 Å². The molecule has 1 aromatic rings. The van der Waals surface area contributed by atoms with Crippen molar-refractivity contribution in [3.05, 3.63) is 24.0 Å². The topological polar surface area (TPSA) is 28.2 Å². The van der Waals surface area contributed by atoms with Crippen LogP contribution in [0, 0.1) is 0 Å². The molecule has 3 heteroatoms. The lowest BCUT2D eigenvalue weighted by atomic mass is 10.3. The van der Waals surface area contributed by atoms with Gasteiger partial charge in [0.15, 0.2) is 0 Å². The van der Waals surface area contributed by atoms with Crippen LogP contribution in [0.25, 0.3) is 0 Å². The van der Waals surface area contributed by atoms with Gasteiger partial charge in [-0.1, -0.05) is 0 Å². The molecule has 0 unspecified atom stereocenters. The van der Waals surface area contributed by atoms with E-state index in [-0.39, 0.29) is 0 Å². The van der Waals surface area contributed by atoms with Gasteiger partial charge in [0.2, 0.25) is 0 Å². The minimum atomic E-state index is 0.761. The van der Waals surface area contributed by atoms with E-state index in [1.54, 1.807) is 0 Å². The third-order valence-electron chi connectivity index (χ3n) is 3.42. The molecule has 2 fully saturated rings. The Kier molecular flexibility index (Phi) is 2.79. The Balaban J connectivity index is 1.65. The fraction of sp³-hybridized carbons (Fsp3) is 0.615. The highest BCUT2D eigenvalue weighted by Crippen LogP contribution is 2.21. The van der Waals surface area contributed by atoms with Crippen LogP contribution in [-0.2, 0) is 6.54 Å². The molecule has 0 spiro atoms. The minimum Gasteiger partial charge on any atom is -0.371 e. The summed E-state index contributed by atoms with van der Waals surface area (Å²) in [6, 6.07) is 5.13. The molecule has 1 N–H and O–H groups in total. The molecule has 1 aliphatic carbocycles. The molecular weight excluding hydrogens is 198 g/mol. The zero-order chi connectivity index (χ0) is 10.8. The molecule has 0 radical (unpaired) electrons. The van der Waals surface area contributed by atoms with E-state index in [9.17, 15) is 0 Å². The Labute approximate surface area is 96.9 Å². The largest absolute Gasteiger partial charge is 0.371 e. The van der Waals surface area contributed by atoms with E-state index in [0.717, 1.165) is 12.6 Å². The molecular formula is C13H19N3. The third kappa shape index (κ3) is 2.35. The van der Waals surface area contributed by atoms with Crippen LogP contribution >= 0.6 is 0 Å². The molecule has 1 aliphatic heterocycles. The van der Waals surface area contributed by atoms with Crippen molar-refractivity contribution in [1.82, 2.24) is 10.3 Å². The van der Waals surface area contributed by atoms with Crippen molar-refractivity contribution in [3.8, 4) is 0 Å². The molecule has 16 heavy (non-hydrogen) atoms. The van der Waals surface area contributed by atoms with Gasteiger partial charge in [-0.3, -0.25) is 4.98 Å². The number of aromatic nitrogens is 1. The Bertz CT molecular complexity index is 354. The molecule has 2 heterocycles. The molecule has 86 valence electrons. The maximum atomic E-state index is 4.42. The van der Waals surface area contributed by atoms with Crippen LogP contribution in [-0.4, -0.2) is 24.1 Å². The van der Waals surface area contributed by atoms with Crippen LogP contribution in [0.5, 0.6) is 0 Å². The number of nitrogens with zero attached hydrogens (tertiary/aromatic N) is 2. The first-order chi connectivity index (χ1) is 7.92. The molecule has 3 nitrogen and oxygen atoms in total. The van der Waals surface area contributed by atoms with Crippen molar-refractivity contribution in [2.45, 2.75) is 38.3 Å². The normalized spacial score (nSPS) is 20.4. The van der Waals surface area contributed by atoms with Gasteiger partial charge in [-0.15, -0.1) is 0 Å². The predicted octanol–water partition coefficient (Wildman–Crippen LogP) is 1.93. The fourth-order valence-electron chi connectivity index (χ4n) is 2.27. The second-order valence-electron chi connectivity index (χ2n) is 4.85. The van der Waals surface area contributed by atoms with E-state index in [0.29, 0.717) is 0 Å². The Morgan fingerprint density at radius 1 is 1.31 bits per heavy atom. The summed E-state index contributed by atoms with van der Waals surface area (Å²) in [5.74, 6) is 0. The van der Waals surface area contributed by atoms with Gasteiger partial charge >= 0.3 is 0 Å². The molecule has 2 aliphatic rings. The lowest BCUT2D eigenvalue weighted by molar-refractivity contribution is 0.674. The average Bonchev–Trinajstić information content (AvgIpc) is 2.99. The highest BCUT2D eigenvalue weighted by atomic mass is 15.1. The summed E-state index contributed by atoms with van der Waals surface area (Å²) in [6.45, 7) is 3.34. The molecule has 0 bridgehead atoms. The van der Waals surface area contributed by atoms with Crippen LogP contribution in [0.2, 0.25) is 0 Å². The predicted molar refractivity (Wildman–Crippen MR) is 65.5 cm³/mol. The van der Waals surface area contributed by atoms with Crippen LogP contribution in [0.4, 0.5) is 5.69 Å². The lowest BCUT2D eigenvalue weighted by Gasteiger charge is -2.18. The number of nitrogens with one attached hydrogen (secondary N) is 1. The summed E-state index contributed by atoms with van der Waals surface area (Å²) in [5, 5.41) is 3.51. The highest BCUT2D eigenvalue weighted by molar-refractivity contribution is 5.47. The minimum absolute atomic E-state index is 0.761. The summed E-state index contributed by atoms with van der Waals surface area (Å²) in [7, 11) is 0. The van der Waals surface area contributed by atoms with Crippen molar-refractivity contribution in [1.29, 1.82) is 0 Å². The molecule has 0 amide bonds. The van der Waals surface area contributed by atoms with Gasteiger partial charge in [0.1, 0.15) is 0 Å². The van der Waals surface area contributed by atoms with Crippen LogP contribution in [0.1, 0.15) is 31.4 Å². The van der Waals surface area contributed by atoms with Crippen molar-refractivity contribution in [2.75, 3.05) is 18.0 Å². The number of hydrogen-bond acceptors (Lipinski definition) is 3. The number of pyridine rings is 1. The molecule has 1 saturated heterocycles. The smallest absolute Gasteiger partial charge is 0.0562 e. The average molecular weight is 217 g/mol. The molecule has 3 rings (SSSR count). The Morgan fingerprint density at radius 3 is 2.88 bits per heavy atom. The fourth-order valence-corrected chi connectivity index (χ4v) is 2.27. The number of hydrogen-bond donors (Lipinski definition) is 1. The van der Waals surface area contributed by atoms with E-state index in [1.165, 1.54) is 50.2 Å². The van der Waals surface area contributed by atoms with E-state index >= 15 is 0 Å². The van der Waals surface area contributed by atoms with Crippen LogP contribution < -0.4 is 10.2 Å². The lowest BCUT2D eigenvalue weighted by Crippen LogP contribution is -2.19. The van der Waals surface area contributed by atoms with Gasteiger partial charge in [0.05, 0.1) is 5.69 Å². The SMILES string of the molecule is c1cc(N2CCCC2)cc(CNC2CC2)n1. The number of rotatable bonds is 4. The maximum absolute atomic E-state index is 4.42. The summed E-state index contributed by atoms with van der Waals surface area (Å²) in [6.07, 6.45) is 7.28. The molecule has 0 aromatic carbocycles. The first-order valence-corrected chi connectivity index (χ1v) is 6.35. The van der Waals surface area contributed by atoms with Gasteiger partial charge in [-0.2, -0.15) is 0 Å². The van der Waals surface area contributed by atoms with Gasteiger partial charge in [0.25, 0.3) is 0 Å². The zero-order valence-electron chi connectivity index (χ0n) is 9.65. The Hall–Kier alpha value is -1.09. The summed E-state index contributed by atoms with van der Waals surface area (Å²) in [4.78, 5) is 6.88. The van der Waals surface area contributed by atoms with E-state index in [1.807, 2.05) is 6.20 Å². The van der Waals surface area contributed by atoms with Crippen molar-refractivity contribution in [2.24, 2.45) is 0 Å². The highest BCUT2D eigenvalue weighted by Gasteiger charge is 2.20. The van der Waals surface area contributed by atoms with E-state index < -0.39 is 0 Å². The second kappa shape index (κ2) is 4.42. The zero-order valence-corrected chi connectivity index (χ0v) is 9.65. The van der Waals surface area contributed by atoms with Gasteiger partial charge in [-0.05, 0) is 37.8 Å².